The Morgan fingerprint density at radius 3 is 2.71 bits per heavy atom. The van der Waals surface area contributed by atoms with Crippen molar-refractivity contribution >= 4 is 22.6 Å². The number of pyridine rings is 1. The summed E-state index contributed by atoms with van der Waals surface area (Å²) in [5.41, 5.74) is 2.86. The number of fused-ring (bicyclic) bond motifs is 2. The highest BCUT2D eigenvalue weighted by atomic mass is 19.1. The van der Waals surface area contributed by atoms with E-state index in [1.165, 1.54) is 30.7 Å². The molecule has 0 saturated heterocycles. The predicted molar refractivity (Wildman–Crippen MR) is 83.1 cm³/mol. The highest BCUT2D eigenvalue weighted by molar-refractivity contribution is 6.11. The molecule has 0 radical (unpaired) electrons. The van der Waals surface area contributed by atoms with Crippen LogP contribution in [0, 0.1) is 11.6 Å². The van der Waals surface area contributed by atoms with Crippen molar-refractivity contribution in [3.63, 3.8) is 0 Å². The molecule has 116 valence electrons. The molecule has 4 aromatic rings. The number of aliphatic imine (C=N–C) groups is 1. The Balaban J connectivity index is 1.95. The number of imidazole rings is 1. The lowest BCUT2D eigenvalue weighted by Crippen LogP contribution is -2.16. The van der Waals surface area contributed by atoms with Crippen LogP contribution in [-0.4, -0.2) is 30.6 Å². The quantitative estimate of drug-likeness (QED) is 0.515. The van der Waals surface area contributed by atoms with Gasteiger partial charge in [-0.25, -0.2) is 18.8 Å². The van der Waals surface area contributed by atoms with E-state index in [0.717, 1.165) is 0 Å². The molecule has 0 amide bonds. The van der Waals surface area contributed by atoms with Gasteiger partial charge in [0, 0.05) is 11.8 Å². The number of nitrogens with zero attached hydrogens (tertiary/aromatic N) is 5. The van der Waals surface area contributed by atoms with E-state index >= 15 is 0 Å². The molecule has 1 aliphatic heterocycles. The number of H-pyrrole nitrogens is 1. The molecule has 24 heavy (non-hydrogen) atoms. The number of halogens is 2. The summed E-state index contributed by atoms with van der Waals surface area (Å²) in [6, 6.07) is 3.71. The lowest BCUT2D eigenvalue weighted by molar-refractivity contribution is 0.578. The summed E-state index contributed by atoms with van der Waals surface area (Å²) in [6.07, 6.45) is 6.23. The summed E-state index contributed by atoms with van der Waals surface area (Å²) in [6.45, 7) is 0. The highest BCUT2D eigenvalue weighted by Gasteiger charge is 2.25. The Bertz CT molecular complexity index is 1120. The molecule has 0 saturated carbocycles. The SMILES string of the molecule is Fc1cccc(F)c1C1=Nc2cn[nH]c2-c2cncc3ncn1c23. The van der Waals surface area contributed by atoms with E-state index in [2.05, 4.69) is 25.2 Å². The Morgan fingerprint density at radius 1 is 1.04 bits per heavy atom. The minimum Gasteiger partial charge on any atom is -0.281 e. The third-order valence-electron chi connectivity index (χ3n) is 3.98. The fourth-order valence-corrected chi connectivity index (χ4v) is 2.93. The zero-order valence-corrected chi connectivity index (χ0v) is 12.0. The fraction of sp³-hybridized carbons (Fsp3) is 0. The maximum Gasteiger partial charge on any atom is 0.152 e. The Kier molecular flexibility index (Phi) is 2.47. The van der Waals surface area contributed by atoms with Gasteiger partial charge in [-0.05, 0) is 12.1 Å². The van der Waals surface area contributed by atoms with Crippen molar-refractivity contribution in [2.45, 2.75) is 0 Å². The second kappa shape index (κ2) is 4.54. The fourth-order valence-electron chi connectivity index (χ4n) is 2.93. The Labute approximate surface area is 133 Å². The normalized spacial score (nSPS) is 12.8. The first-order valence-corrected chi connectivity index (χ1v) is 7.12. The van der Waals surface area contributed by atoms with Gasteiger partial charge >= 0.3 is 0 Å². The molecule has 6 nitrogen and oxygen atoms in total. The molecule has 5 rings (SSSR count). The molecule has 0 spiro atoms. The van der Waals surface area contributed by atoms with Crippen LogP contribution in [0.25, 0.3) is 22.3 Å². The summed E-state index contributed by atoms with van der Waals surface area (Å²) in [5.74, 6) is -1.28. The van der Waals surface area contributed by atoms with E-state index in [1.54, 1.807) is 17.0 Å². The number of aromatic amines is 1. The maximum absolute atomic E-state index is 14.3. The van der Waals surface area contributed by atoms with Crippen LogP contribution >= 0.6 is 0 Å². The first-order valence-electron chi connectivity index (χ1n) is 7.12. The van der Waals surface area contributed by atoms with Crippen LogP contribution in [-0.2, 0) is 0 Å². The lowest BCUT2D eigenvalue weighted by atomic mass is 10.1. The van der Waals surface area contributed by atoms with Crippen LogP contribution in [0.3, 0.4) is 0 Å². The van der Waals surface area contributed by atoms with Gasteiger partial charge in [-0.1, -0.05) is 6.07 Å². The van der Waals surface area contributed by atoms with E-state index in [-0.39, 0.29) is 11.4 Å². The molecule has 1 N–H and O–H groups in total. The molecule has 0 fully saturated rings. The van der Waals surface area contributed by atoms with Crippen molar-refractivity contribution in [1.29, 1.82) is 0 Å². The van der Waals surface area contributed by atoms with Gasteiger partial charge in [0.2, 0.25) is 0 Å². The Hall–Kier alpha value is -3.42. The van der Waals surface area contributed by atoms with E-state index in [9.17, 15) is 8.78 Å². The van der Waals surface area contributed by atoms with Gasteiger partial charge in [-0.15, -0.1) is 0 Å². The largest absolute Gasteiger partial charge is 0.281 e. The summed E-state index contributed by atoms with van der Waals surface area (Å²) >= 11 is 0. The van der Waals surface area contributed by atoms with Gasteiger partial charge < -0.3 is 0 Å². The summed E-state index contributed by atoms with van der Waals surface area (Å²) < 4.78 is 30.3. The van der Waals surface area contributed by atoms with E-state index in [1.807, 2.05) is 0 Å². The van der Waals surface area contributed by atoms with Crippen molar-refractivity contribution in [2.24, 2.45) is 4.99 Å². The molecule has 8 heteroatoms. The van der Waals surface area contributed by atoms with Crippen LogP contribution < -0.4 is 0 Å². The van der Waals surface area contributed by atoms with Crippen LogP contribution in [0.15, 0.2) is 48.1 Å². The molecule has 0 unspecified atom stereocenters. The van der Waals surface area contributed by atoms with Crippen molar-refractivity contribution in [3.05, 3.63) is 60.3 Å². The van der Waals surface area contributed by atoms with Gasteiger partial charge in [0.05, 0.1) is 29.2 Å². The van der Waals surface area contributed by atoms with Gasteiger partial charge in [0.25, 0.3) is 0 Å². The number of aromatic nitrogens is 5. The molecule has 0 bridgehead atoms. The molecule has 0 aliphatic carbocycles. The third kappa shape index (κ3) is 1.62. The van der Waals surface area contributed by atoms with Crippen molar-refractivity contribution in [1.82, 2.24) is 24.7 Å². The highest BCUT2D eigenvalue weighted by Crippen LogP contribution is 2.36. The number of hydrogen-bond donors (Lipinski definition) is 1. The number of benzene rings is 1. The zero-order valence-electron chi connectivity index (χ0n) is 12.0. The molecule has 0 atom stereocenters. The van der Waals surface area contributed by atoms with Crippen molar-refractivity contribution in [3.8, 4) is 11.3 Å². The lowest BCUT2D eigenvalue weighted by Gasteiger charge is -2.10. The molecule has 1 aliphatic rings. The van der Waals surface area contributed by atoms with E-state index < -0.39 is 11.6 Å². The molecule has 1 aromatic carbocycles. The van der Waals surface area contributed by atoms with Crippen LogP contribution in [0.5, 0.6) is 0 Å². The van der Waals surface area contributed by atoms with Crippen LogP contribution in [0.4, 0.5) is 14.5 Å². The maximum atomic E-state index is 14.3. The monoisotopic (exact) mass is 322 g/mol. The molecule has 4 heterocycles. The predicted octanol–water partition coefficient (Wildman–Crippen LogP) is 3.04. The minimum atomic E-state index is -0.696. The molecule has 3 aromatic heterocycles. The zero-order chi connectivity index (χ0) is 16.3. The van der Waals surface area contributed by atoms with Crippen LogP contribution in [0.2, 0.25) is 0 Å². The summed E-state index contributed by atoms with van der Waals surface area (Å²) in [7, 11) is 0. The third-order valence-corrected chi connectivity index (χ3v) is 3.98. The second-order valence-corrected chi connectivity index (χ2v) is 5.33. The molecular weight excluding hydrogens is 314 g/mol. The van der Waals surface area contributed by atoms with Crippen LogP contribution in [0.1, 0.15) is 5.56 Å². The minimum absolute atomic E-state index is 0.112. The van der Waals surface area contributed by atoms with Gasteiger partial charge in [0.1, 0.15) is 29.2 Å². The first kappa shape index (κ1) is 13.1. The second-order valence-electron chi connectivity index (χ2n) is 5.33. The summed E-state index contributed by atoms with van der Waals surface area (Å²) in [5, 5.41) is 6.85. The number of nitrogens with one attached hydrogen (secondary N) is 1. The first-order chi connectivity index (χ1) is 11.7. The van der Waals surface area contributed by atoms with Crippen molar-refractivity contribution < 1.29 is 8.78 Å². The smallest absolute Gasteiger partial charge is 0.152 e. The summed E-state index contributed by atoms with van der Waals surface area (Å²) in [4.78, 5) is 12.9. The molecular formula is C16H8F2N6. The van der Waals surface area contributed by atoms with Crippen molar-refractivity contribution in [2.75, 3.05) is 0 Å². The van der Waals surface area contributed by atoms with Gasteiger partial charge in [-0.2, -0.15) is 5.10 Å². The average Bonchev–Trinajstić information content (AvgIpc) is 3.17. The van der Waals surface area contributed by atoms with E-state index in [4.69, 9.17) is 0 Å². The van der Waals surface area contributed by atoms with E-state index in [0.29, 0.717) is 28.0 Å². The van der Waals surface area contributed by atoms with Gasteiger partial charge in [-0.3, -0.25) is 14.6 Å². The van der Waals surface area contributed by atoms with Gasteiger partial charge in [0.15, 0.2) is 5.84 Å². The topological polar surface area (TPSA) is 71.8 Å². The Morgan fingerprint density at radius 2 is 1.88 bits per heavy atom. The number of hydrogen-bond acceptors (Lipinski definition) is 4. The number of rotatable bonds is 1. The standard InChI is InChI=1S/C16H8F2N6/c17-9-2-1-3-10(18)13(9)16-22-11-6-21-23-14(11)8-4-19-5-12-15(8)24(16)7-20-12/h1-7H,(H,21,23). The average molecular weight is 322 g/mol.